The zero-order valence-electron chi connectivity index (χ0n) is 10.9. The van der Waals surface area contributed by atoms with Crippen LogP contribution in [0.3, 0.4) is 0 Å². The zero-order valence-corrected chi connectivity index (χ0v) is 12.5. The molecule has 0 bridgehead atoms. The Bertz CT molecular complexity index is 587. The van der Waals surface area contributed by atoms with Gasteiger partial charge < -0.3 is 10.1 Å². The first-order valence-corrected chi connectivity index (χ1v) is 7.00. The Hall–Kier alpha value is -1.62. The molecular formula is C15H14BrF2NO. The van der Waals surface area contributed by atoms with Gasteiger partial charge in [-0.1, -0.05) is 0 Å². The lowest BCUT2D eigenvalue weighted by Crippen LogP contribution is -2.05. The van der Waals surface area contributed by atoms with Crippen molar-refractivity contribution in [1.29, 1.82) is 0 Å². The van der Waals surface area contributed by atoms with Gasteiger partial charge in [0.15, 0.2) is 0 Å². The summed E-state index contributed by atoms with van der Waals surface area (Å²) in [6.07, 6.45) is 0. The third kappa shape index (κ3) is 3.48. The van der Waals surface area contributed by atoms with Crippen LogP contribution in [-0.2, 0) is 6.54 Å². The largest absolute Gasteiger partial charge is 0.494 e. The van der Waals surface area contributed by atoms with Crippen molar-refractivity contribution in [2.24, 2.45) is 0 Å². The molecule has 0 radical (unpaired) electrons. The number of benzene rings is 2. The van der Waals surface area contributed by atoms with Gasteiger partial charge in [-0.15, -0.1) is 0 Å². The Morgan fingerprint density at radius 2 is 1.80 bits per heavy atom. The molecule has 0 aliphatic heterocycles. The standard InChI is InChI=1S/C15H14BrF2NO/c1-2-20-11-5-3-10(4-6-11)19-9-12-14(17)8-7-13(16)15(12)18/h3-8,19H,2,9H2,1H3. The number of nitrogens with one attached hydrogen (secondary N) is 1. The van der Waals surface area contributed by atoms with Crippen LogP contribution in [0.1, 0.15) is 12.5 Å². The van der Waals surface area contributed by atoms with Crippen molar-refractivity contribution in [2.75, 3.05) is 11.9 Å². The molecule has 0 saturated heterocycles. The highest BCUT2D eigenvalue weighted by Gasteiger charge is 2.11. The number of anilines is 1. The summed E-state index contributed by atoms with van der Waals surface area (Å²) in [4.78, 5) is 0. The molecule has 0 aromatic heterocycles. The molecule has 2 aromatic rings. The lowest BCUT2D eigenvalue weighted by Gasteiger charge is -2.10. The number of ether oxygens (including phenoxy) is 1. The summed E-state index contributed by atoms with van der Waals surface area (Å²) in [5.74, 6) is -0.384. The molecule has 0 atom stereocenters. The number of rotatable bonds is 5. The summed E-state index contributed by atoms with van der Waals surface area (Å²) < 4.78 is 32.9. The minimum Gasteiger partial charge on any atom is -0.494 e. The van der Waals surface area contributed by atoms with E-state index in [0.29, 0.717) is 6.61 Å². The van der Waals surface area contributed by atoms with Gasteiger partial charge in [0.25, 0.3) is 0 Å². The predicted molar refractivity (Wildman–Crippen MR) is 79.0 cm³/mol. The fourth-order valence-electron chi connectivity index (χ4n) is 1.76. The normalized spacial score (nSPS) is 10.4. The van der Waals surface area contributed by atoms with E-state index >= 15 is 0 Å². The van der Waals surface area contributed by atoms with E-state index in [1.807, 2.05) is 6.92 Å². The van der Waals surface area contributed by atoms with Crippen LogP contribution in [0.5, 0.6) is 5.75 Å². The molecule has 0 fully saturated rings. The molecule has 0 saturated carbocycles. The van der Waals surface area contributed by atoms with Gasteiger partial charge in [-0.3, -0.25) is 0 Å². The van der Waals surface area contributed by atoms with E-state index in [9.17, 15) is 8.78 Å². The van der Waals surface area contributed by atoms with Gasteiger partial charge in [0.2, 0.25) is 0 Å². The second-order valence-corrected chi connectivity index (χ2v) is 4.99. The monoisotopic (exact) mass is 341 g/mol. The van der Waals surface area contributed by atoms with Crippen molar-refractivity contribution < 1.29 is 13.5 Å². The van der Waals surface area contributed by atoms with Crippen molar-refractivity contribution in [3.05, 3.63) is 58.1 Å². The highest BCUT2D eigenvalue weighted by molar-refractivity contribution is 9.10. The minimum absolute atomic E-state index is 0.00765. The SMILES string of the molecule is CCOc1ccc(NCc2c(F)ccc(Br)c2F)cc1. The number of hydrogen-bond acceptors (Lipinski definition) is 2. The predicted octanol–water partition coefficient (Wildman–Crippen LogP) is 4.74. The van der Waals surface area contributed by atoms with Gasteiger partial charge in [-0.2, -0.15) is 0 Å². The molecule has 0 spiro atoms. The van der Waals surface area contributed by atoms with Crippen LogP contribution in [0.15, 0.2) is 40.9 Å². The second-order valence-electron chi connectivity index (χ2n) is 4.13. The molecule has 1 N–H and O–H groups in total. The van der Waals surface area contributed by atoms with E-state index < -0.39 is 11.6 Å². The zero-order chi connectivity index (χ0) is 14.5. The van der Waals surface area contributed by atoms with Crippen LogP contribution in [-0.4, -0.2) is 6.61 Å². The average molecular weight is 342 g/mol. The molecule has 2 nitrogen and oxygen atoms in total. The van der Waals surface area contributed by atoms with Crippen LogP contribution in [0.2, 0.25) is 0 Å². The Morgan fingerprint density at radius 3 is 2.45 bits per heavy atom. The summed E-state index contributed by atoms with van der Waals surface area (Å²) in [7, 11) is 0. The molecule has 0 amide bonds. The van der Waals surface area contributed by atoms with Crippen LogP contribution >= 0.6 is 15.9 Å². The number of halogens is 3. The Kier molecular flexibility index (Phi) is 4.95. The quantitative estimate of drug-likeness (QED) is 0.793. The first-order valence-electron chi connectivity index (χ1n) is 6.21. The molecule has 0 aliphatic carbocycles. The van der Waals surface area contributed by atoms with Gasteiger partial charge in [-0.25, -0.2) is 8.78 Å². The van der Waals surface area contributed by atoms with Gasteiger partial charge in [-0.05, 0) is 59.3 Å². The van der Waals surface area contributed by atoms with E-state index in [-0.39, 0.29) is 16.6 Å². The van der Waals surface area contributed by atoms with Gasteiger partial charge in [0, 0.05) is 17.8 Å². The molecule has 20 heavy (non-hydrogen) atoms. The van der Waals surface area contributed by atoms with Gasteiger partial charge in [0.1, 0.15) is 17.4 Å². The molecule has 2 rings (SSSR count). The fraction of sp³-hybridized carbons (Fsp3) is 0.200. The van der Waals surface area contributed by atoms with E-state index in [4.69, 9.17) is 4.74 Å². The van der Waals surface area contributed by atoms with Gasteiger partial charge >= 0.3 is 0 Å². The average Bonchev–Trinajstić information content (AvgIpc) is 2.45. The molecule has 0 aliphatic rings. The molecule has 106 valence electrons. The van der Waals surface area contributed by atoms with Crippen molar-refractivity contribution in [3.8, 4) is 5.75 Å². The summed E-state index contributed by atoms with van der Waals surface area (Å²) in [6, 6.07) is 9.81. The maximum atomic E-state index is 13.8. The topological polar surface area (TPSA) is 21.3 Å². The second kappa shape index (κ2) is 6.70. The van der Waals surface area contributed by atoms with Crippen molar-refractivity contribution in [2.45, 2.75) is 13.5 Å². The van der Waals surface area contributed by atoms with Crippen LogP contribution in [0.4, 0.5) is 14.5 Å². The minimum atomic E-state index is -0.580. The van der Waals surface area contributed by atoms with Crippen molar-refractivity contribution >= 4 is 21.6 Å². The highest BCUT2D eigenvalue weighted by atomic mass is 79.9. The maximum Gasteiger partial charge on any atom is 0.145 e. The first-order chi connectivity index (χ1) is 9.61. The third-order valence-corrected chi connectivity index (χ3v) is 3.39. The Labute approximate surface area is 124 Å². The van der Waals surface area contributed by atoms with E-state index in [1.54, 1.807) is 24.3 Å². The smallest absolute Gasteiger partial charge is 0.145 e. The van der Waals surface area contributed by atoms with Crippen LogP contribution in [0.25, 0.3) is 0 Å². The Morgan fingerprint density at radius 1 is 1.10 bits per heavy atom. The van der Waals surface area contributed by atoms with E-state index in [1.165, 1.54) is 12.1 Å². The molecule has 5 heteroatoms. The Balaban J connectivity index is 2.07. The maximum absolute atomic E-state index is 13.8. The fourth-order valence-corrected chi connectivity index (χ4v) is 2.13. The summed E-state index contributed by atoms with van der Waals surface area (Å²) in [5, 5.41) is 2.98. The van der Waals surface area contributed by atoms with Crippen LogP contribution < -0.4 is 10.1 Å². The highest BCUT2D eigenvalue weighted by Crippen LogP contribution is 2.23. The van der Waals surface area contributed by atoms with Crippen molar-refractivity contribution in [1.82, 2.24) is 0 Å². The lowest BCUT2D eigenvalue weighted by molar-refractivity contribution is 0.340. The summed E-state index contributed by atoms with van der Waals surface area (Å²) in [5.41, 5.74) is 0.778. The first kappa shape index (κ1) is 14.8. The van der Waals surface area contributed by atoms with E-state index in [0.717, 1.165) is 11.4 Å². The third-order valence-electron chi connectivity index (χ3n) is 2.77. The van der Waals surface area contributed by atoms with Crippen molar-refractivity contribution in [3.63, 3.8) is 0 Å². The molecular weight excluding hydrogens is 328 g/mol. The summed E-state index contributed by atoms with van der Waals surface area (Å²) >= 11 is 3.05. The number of hydrogen-bond donors (Lipinski definition) is 1. The molecule has 0 heterocycles. The summed E-state index contributed by atoms with van der Waals surface area (Å²) in [6.45, 7) is 2.58. The van der Waals surface area contributed by atoms with Crippen LogP contribution in [0, 0.1) is 11.6 Å². The molecule has 2 aromatic carbocycles. The van der Waals surface area contributed by atoms with E-state index in [2.05, 4.69) is 21.2 Å². The molecule has 0 unspecified atom stereocenters. The van der Waals surface area contributed by atoms with Gasteiger partial charge in [0.05, 0.1) is 11.1 Å². The lowest BCUT2D eigenvalue weighted by atomic mass is 10.2.